The van der Waals surface area contributed by atoms with Gasteiger partial charge in [0, 0.05) is 43.0 Å². The Morgan fingerprint density at radius 1 is 0.895 bits per heavy atom. The molecule has 0 bridgehead atoms. The van der Waals surface area contributed by atoms with Crippen molar-refractivity contribution in [1.29, 1.82) is 0 Å². The number of anilines is 1. The van der Waals surface area contributed by atoms with Crippen LogP contribution in [-0.2, 0) is 4.79 Å². The van der Waals surface area contributed by atoms with Crippen LogP contribution in [0.15, 0.2) is 60.7 Å². The predicted octanol–water partition coefficient (Wildman–Crippen LogP) is 3.84. The number of nitrogens with one attached hydrogen (secondary N) is 2. The maximum Gasteiger partial charge on any atom is 0.187 e. The maximum absolute atomic E-state index is 11.1. The summed E-state index contributed by atoms with van der Waals surface area (Å²) in [7, 11) is 3.78. The molecule has 1 aliphatic rings. The normalized spacial score (nSPS) is 14.4. The summed E-state index contributed by atoms with van der Waals surface area (Å²) in [5, 5.41) is 0. The SMILES string of the molecule is BC(=O)CCCOc1cccc(-c2nc3cc(-c4nc5ccc(N6CCN(C)CC6)cc5[nH]4)ccc3[nH]2)c1. The van der Waals surface area contributed by atoms with Crippen molar-refractivity contribution in [2.24, 2.45) is 0 Å². The molecule has 38 heavy (non-hydrogen) atoms. The third-order valence-corrected chi connectivity index (χ3v) is 7.14. The second-order valence-corrected chi connectivity index (χ2v) is 10.1. The van der Waals surface area contributed by atoms with Gasteiger partial charge in [0.2, 0.25) is 0 Å². The van der Waals surface area contributed by atoms with E-state index in [1.807, 2.05) is 30.3 Å². The smallest absolute Gasteiger partial charge is 0.187 e. The van der Waals surface area contributed by atoms with Crippen molar-refractivity contribution in [2.75, 3.05) is 44.7 Å². The number of hydrogen-bond donors (Lipinski definition) is 2. The Kier molecular flexibility index (Phi) is 6.60. The molecule has 1 aliphatic heterocycles. The number of carbonyl (C=O) groups excluding carboxylic acids is 1. The highest BCUT2D eigenvalue weighted by Crippen LogP contribution is 2.29. The fourth-order valence-corrected chi connectivity index (χ4v) is 4.93. The monoisotopic (exact) mass is 506 g/mol. The Balaban J connectivity index is 1.22. The molecule has 0 saturated carbocycles. The predicted molar refractivity (Wildman–Crippen MR) is 155 cm³/mol. The summed E-state index contributed by atoms with van der Waals surface area (Å²) in [4.78, 5) is 32.6. The van der Waals surface area contributed by atoms with Crippen LogP contribution in [0, 0.1) is 0 Å². The van der Waals surface area contributed by atoms with Crippen LogP contribution in [-0.4, -0.2) is 78.2 Å². The number of ether oxygens (including phenoxy) is 1. The largest absolute Gasteiger partial charge is 0.494 e. The molecule has 1 fully saturated rings. The molecule has 3 heterocycles. The van der Waals surface area contributed by atoms with Crippen LogP contribution in [0.3, 0.4) is 0 Å². The number of H-pyrrole nitrogens is 2. The molecule has 2 aromatic heterocycles. The summed E-state index contributed by atoms with van der Waals surface area (Å²) in [5.41, 5.74) is 7.21. The van der Waals surface area contributed by atoms with Crippen LogP contribution in [0.4, 0.5) is 5.69 Å². The number of piperazine rings is 1. The third-order valence-electron chi connectivity index (χ3n) is 7.14. The molecule has 5 aromatic rings. The fourth-order valence-electron chi connectivity index (χ4n) is 4.93. The second-order valence-electron chi connectivity index (χ2n) is 10.1. The summed E-state index contributed by atoms with van der Waals surface area (Å²) in [6.45, 7) is 4.75. The van der Waals surface area contributed by atoms with E-state index in [0.29, 0.717) is 19.4 Å². The zero-order valence-corrected chi connectivity index (χ0v) is 21.8. The number of imidazole rings is 2. The van der Waals surface area contributed by atoms with E-state index in [0.717, 1.165) is 76.8 Å². The number of rotatable bonds is 8. The van der Waals surface area contributed by atoms with Crippen molar-refractivity contribution in [3.63, 3.8) is 0 Å². The Hall–Kier alpha value is -4.11. The van der Waals surface area contributed by atoms with Gasteiger partial charge in [0.25, 0.3) is 0 Å². The van der Waals surface area contributed by atoms with Crippen molar-refractivity contribution in [2.45, 2.75) is 12.8 Å². The van der Waals surface area contributed by atoms with Crippen molar-refractivity contribution < 1.29 is 9.53 Å². The number of aromatic nitrogens is 4. The number of fused-ring (bicyclic) bond motifs is 2. The van der Waals surface area contributed by atoms with Crippen LogP contribution in [0.2, 0.25) is 0 Å². The molecule has 192 valence electrons. The molecule has 0 unspecified atom stereocenters. The van der Waals surface area contributed by atoms with Crippen molar-refractivity contribution in [1.82, 2.24) is 24.8 Å². The first-order valence-electron chi connectivity index (χ1n) is 13.2. The zero-order valence-electron chi connectivity index (χ0n) is 21.8. The van der Waals surface area contributed by atoms with Gasteiger partial charge in [-0.25, -0.2) is 9.97 Å². The van der Waals surface area contributed by atoms with Gasteiger partial charge in [-0.15, -0.1) is 0 Å². The highest BCUT2D eigenvalue weighted by molar-refractivity contribution is 6.57. The standard InChI is InChI=1S/C29H31BN6O2/c1-35-11-13-36(14-12-35)21-8-10-24-26(18-21)34-29(32-24)20-7-9-23-25(17-20)33-28(31-23)19-4-2-5-22(16-19)38-15-3-6-27(30)37/h2,4-5,7-10,16-18H,3,6,11-15,30H2,1H3,(H,31,33)(H,32,34). The van der Waals surface area contributed by atoms with E-state index in [-0.39, 0.29) is 5.68 Å². The van der Waals surface area contributed by atoms with Gasteiger partial charge in [-0.3, -0.25) is 0 Å². The molecule has 8 nitrogen and oxygen atoms in total. The van der Waals surface area contributed by atoms with Gasteiger partial charge in [-0.2, -0.15) is 0 Å². The lowest BCUT2D eigenvalue weighted by Gasteiger charge is -2.34. The molecule has 2 N–H and O–H groups in total. The van der Waals surface area contributed by atoms with Gasteiger partial charge in [-0.05, 0) is 68.4 Å². The second kappa shape index (κ2) is 10.3. The average Bonchev–Trinajstić information content (AvgIpc) is 3.55. The van der Waals surface area contributed by atoms with Gasteiger partial charge in [0.1, 0.15) is 17.4 Å². The lowest BCUT2D eigenvalue weighted by Crippen LogP contribution is -2.44. The molecule has 6 rings (SSSR count). The Labute approximate surface area is 222 Å². The minimum Gasteiger partial charge on any atom is -0.494 e. The number of aromatic amines is 2. The first-order chi connectivity index (χ1) is 18.5. The molecule has 0 aliphatic carbocycles. The Morgan fingerprint density at radius 2 is 1.66 bits per heavy atom. The molecule has 0 radical (unpaired) electrons. The number of nitrogens with zero attached hydrogens (tertiary/aromatic N) is 4. The molecule has 9 heteroatoms. The first kappa shape index (κ1) is 24.2. The van der Waals surface area contributed by atoms with Crippen molar-refractivity contribution in [3.05, 3.63) is 60.7 Å². The molecule has 1 saturated heterocycles. The van der Waals surface area contributed by atoms with Gasteiger partial charge in [0.05, 0.1) is 34.4 Å². The van der Waals surface area contributed by atoms with Gasteiger partial charge < -0.3 is 29.3 Å². The van der Waals surface area contributed by atoms with Crippen LogP contribution in [0.1, 0.15) is 12.8 Å². The van der Waals surface area contributed by atoms with E-state index in [9.17, 15) is 4.79 Å². The quantitative estimate of drug-likeness (QED) is 0.246. The minimum atomic E-state index is 0.182. The summed E-state index contributed by atoms with van der Waals surface area (Å²) in [6.07, 6.45) is 1.25. The maximum atomic E-state index is 11.1. The molecule has 0 spiro atoms. The van der Waals surface area contributed by atoms with E-state index >= 15 is 0 Å². The number of benzene rings is 3. The van der Waals surface area contributed by atoms with Gasteiger partial charge in [-0.1, -0.05) is 12.1 Å². The Morgan fingerprint density at radius 3 is 2.47 bits per heavy atom. The number of likely N-dealkylation sites (N-methyl/N-ethyl adjacent to an activating group) is 1. The summed E-state index contributed by atoms with van der Waals surface area (Å²) in [5.74, 6) is 2.39. The highest BCUT2D eigenvalue weighted by atomic mass is 16.5. The third kappa shape index (κ3) is 5.15. The van der Waals surface area contributed by atoms with Crippen LogP contribution in [0.5, 0.6) is 5.75 Å². The van der Waals surface area contributed by atoms with E-state index in [4.69, 9.17) is 14.7 Å². The summed E-state index contributed by atoms with van der Waals surface area (Å²) >= 11 is 0. The van der Waals surface area contributed by atoms with E-state index in [1.165, 1.54) is 5.69 Å². The lowest BCUT2D eigenvalue weighted by atomic mass is 9.98. The minimum absolute atomic E-state index is 0.182. The Bertz CT molecular complexity index is 1600. The average molecular weight is 506 g/mol. The summed E-state index contributed by atoms with van der Waals surface area (Å²) < 4.78 is 5.84. The van der Waals surface area contributed by atoms with E-state index in [2.05, 4.69) is 57.1 Å². The van der Waals surface area contributed by atoms with Gasteiger partial charge in [0.15, 0.2) is 7.85 Å². The molecule has 0 atom stereocenters. The molecule has 3 aromatic carbocycles. The lowest BCUT2D eigenvalue weighted by molar-refractivity contribution is -0.111. The molecule has 0 amide bonds. The zero-order chi connectivity index (χ0) is 26.1. The first-order valence-corrected chi connectivity index (χ1v) is 13.2. The van der Waals surface area contributed by atoms with Gasteiger partial charge >= 0.3 is 0 Å². The van der Waals surface area contributed by atoms with E-state index < -0.39 is 0 Å². The topological polar surface area (TPSA) is 90.1 Å². The van der Waals surface area contributed by atoms with Crippen LogP contribution in [0.25, 0.3) is 44.8 Å². The van der Waals surface area contributed by atoms with Crippen molar-refractivity contribution in [3.8, 4) is 28.5 Å². The number of hydrogen-bond acceptors (Lipinski definition) is 6. The van der Waals surface area contributed by atoms with E-state index in [1.54, 1.807) is 7.85 Å². The van der Waals surface area contributed by atoms with Crippen LogP contribution < -0.4 is 9.64 Å². The fraction of sp³-hybridized carbons (Fsp3) is 0.276. The summed E-state index contributed by atoms with van der Waals surface area (Å²) in [6, 6.07) is 20.5. The van der Waals surface area contributed by atoms with Crippen LogP contribution >= 0.6 is 0 Å². The molecular formula is C29H31BN6O2. The van der Waals surface area contributed by atoms with Crippen molar-refractivity contribution >= 4 is 41.3 Å². The highest BCUT2D eigenvalue weighted by Gasteiger charge is 2.16. The molecular weight excluding hydrogens is 475 g/mol. The number of carbonyl (C=O) groups is 1.